The second-order valence-corrected chi connectivity index (χ2v) is 7.28. The zero-order valence-corrected chi connectivity index (χ0v) is 17.3. The highest BCUT2D eigenvalue weighted by Crippen LogP contribution is 2.28. The molecule has 0 bridgehead atoms. The van der Waals surface area contributed by atoms with Crippen molar-refractivity contribution in [2.75, 3.05) is 21.3 Å². The molecule has 28 heavy (non-hydrogen) atoms. The van der Waals surface area contributed by atoms with Crippen molar-refractivity contribution >= 4 is 28.3 Å². The van der Waals surface area contributed by atoms with Crippen LogP contribution in [-0.4, -0.2) is 32.1 Å². The van der Waals surface area contributed by atoms with Gasteiger partial charge in [0, 0.05) is 24.2 Å². The Morgan fingerprint density at radius 2 is 1.71 bits per heavy atom. The lowest BCUT2D eigenvalue weighted by atomic mass is 9.96. The third kappa shape index (κ3) is 4.23. The Bertz CT molecular complexity index is 1000. The average molecular weight is 398 g/mol. The summed E-state index contributed by atoms with van der Waals surface area (Å²) in [5.74, 6) is 1.31. The topological polar surface area (TPSA) is 38.8 Å². The predicted molar refractivity (Wildman–Crippen MR) is 113 cm³/mol. The number of nitrogens with zero attached hydrogens (tertiary/aromatic N) is 1. The molecular formula is C23H24ClNO3. The number of fused-ring (bicyclic) bond motifs is 1. The zero-order chi connectivity index (χ0) is 20.3. The molecule has 0 heterocycles. The number of carbonyl (C=O) groups excluding carboxylic acids is 1. The van der Waals surface area contributed by atoms with Crippen molar-refractivity contribution in [3.05, 3.63) is 70.7 Å². The Balaban J connectivity index is 1.80. The zero-order valence-electron chi connectivity index (χ0n) is 16.5. The van der Waals surface area contributed by atoms with Gasteiger partial charge in [0.05, 0.1) is 20.1 Å². The molecule has 0 radical (unpaired) electrons. The predicted octanol–water partition coefficient (Wildman–Crippen LogP) is 5.27. The summed E-state index contributed by atoms with van der Waals surface area (Å²) in [7, 11) is 5.06. The minimum absolute atomic E-state index is 0.0369. The molecule has 0 aromatic heterocycles. The van der Waals surface area contributed by atoms with Gasteiger partial charge in [-0.25, -0.2) is 0 Å². The van der Waals surface area contributed by atoms with E-state index in [0.29, 0.717) is 11.6 Å². The Morgan fingerprint density at radius 1 is 1.00 bits per heavy atom. The number of ether oxygens (including phenoxy) is 2. The van der Waals surface area contributed by atoms with Gasteiger partial charge >= 0.3 is 0 Å². The van der Waals surface area contributed by atoms with Crippen molar-refractivity contribution in [1.29, 1.82) is 0 Å². The van der Waals surface area contributed by atoms with E-state index in [9.17, 15) is 4.79 Å². The van der Waals surface area contributed by atoms with Crippen LogP contribution < -0.4 is 9.47 Å². The van der Waals surface area contributed by atoms with Crippen LogP contribution in [0.15, 0.2) is 54.6 Å². The lowest BCUT2D eigenvalue weighted by molar-refractivity contribution is -0.131. The molecule has 5 heteroatoms. The van der Waals surface area contributed by atoms with Crippen LogP contribution in [-0.2, 0) is 11.3 Å². The lowest BCUT2D eigenvalue weighted by Crippen LogP contribution is -2.30. The number of likely N-dealkylation sites (N-methyl/N-ethyl adjacent to an activating group) is 1. The highest BCUT2D eigenvalue weighted by Gasteiger charge is 2.21. The van der Waals surface area contributed by atoms with Gasteiger partial charge in [-0.15, -0.1) is 0 Å². The van der Waals surface area contributed by atoms with E-state index in [1.807, 2.05) is 49.4 Å². The number of hydrogen-bond donors (Lipinski definition) is 0. The lowest BCUT2D eigenvalue weighted by Gasteiger charge is -2.23. The second kappa shape index (κ2) is 8.53. The van der Waals surface area contributed by atoms with Gasteiger partial charge in [0.1, 0.15) is 11.5 Å². The Hall–Kier alpha value is -2.72. The number of hydrogen-bond acceptors (Lipinski definition) is 3. The van der Waals surface area contributed by atoms with Crippen molar-refractivity contribution in [3.63, 3.8) is 0 Å². The van der Waals surface area contributed by atoms with Crippen molar-refractivity contribution in [1.82, 2.24) is 4.90 Å². The smallest absolute Gasteiger partial charge is 0.229 e. The van der Waals surface area contributed by atoms with Gasteiger partial charge in [-0.3, -0.25) is 4.79 Å². The van der Waals surface area contributed by atoms with E-state index in [1.54, 1.807) is 32.2 Å². The first-order valence-corrected chi connectivity index (χ1v) is 9.46. The van der Waals surface area contributed by atoms with Crippen molar-refractivity contribution in [3.8, 4) is 11.5 Å². The number of rotatable bonds is 6. The minimum Gasteiger partial charge on any atom is -0.497 e. The first-order valence-electron chi connectivity index (χ1n) is 9.08. The van der Waals surface area contributed by atoms with E-state index < -0.39 is 0 Å². The van der Waals surface area contributed by atoms with E-state index >= 15 is 0 Å². The molecule has 0 N–H and O–H groups in total. The van der Waals surface area contributed by atoms with Gasteiger partial charge < -0.3 is 14.4 Å². The molecule has 0 aliphatic carbocycles. The van der Waals surface area contributed by atoms with E-state index in [4.69, 9.17) is 21.1 Å². The van der Waals surface area contributed by atoms with Gasteiger partial charge in [-0.1, -0.05) is 35.9 Å². The molecule has 0 aliphatic heterocycles. The third-order valence-electron chi connectivity index (χ3n) is 4.97. The molecule has 1 atom stereocenters. The minimum atomic E-state index is -0.262. The van der Waals surface area contributed by atoms with E-state index in [0.717, 1.165) is 33.4 Å². The largest absolute Gasteiger partial charge is 0.497 e. The Morgan fingerprint density at radius 3 is 2.43 bits per heavy atom. The fourth-order valence-electron chi connectivity index (χ4n) is 3.32. The Labute approximate surface area is 170 Å². The fraction of sp³-hybridized carbons (Fsp3) is 0.261. The molecule has 146 valence electrons. The third-order valence-corrected chi connectivity index (χ3v) is 5.20. The monoisotopic (exact) mass is 397 g/mol. The normalized spacial score (nSPS) is 11.9. The summed E-state index contributed by atoms with van der Waals surface area (Å²) in [6.45, 7) is 2.36. The summed E-state index contributed by atoms with van der Waals surface area (Å²) < 4.78 is 10.7. The highest BCUT2D eigenvalue weighted by atomic mass is 35.5. The van der Waals surface area contributed by atoms with E-state index in [-0.39, 0.29) is 11.8 Å². The van der Waals surface area contributed by atoms with Crippen LogP contribution in [0.3, 0.4) is 0 Å². The molecule has 0 saturated heterocycles. The maximum Gasteiger partial charge on any atom is 0.229 e. The maximum absolute atomic E-state index is 13.0. The SMILES string of the molecule is COc1ccc2cc(C(C)C(=O)N(C)Cc3cc(Cl)ccc3OC)ccc2c1. The first kappa shape index (κ1) is 20.0. The summed E-state index contributed by atoms with van der Waals surface area (Å²) in [6, 6.07) is 17.4. The fourth-order valence-corrected chi connectivity index (χ4v) is 3.51. The number of methoxy groups -OCH3 is 2. The molecule has 0 saturated carbocycles. The van der Waals surface area contributed by atoms with Crippen LogP contribution in [0.25, 0.3) is 10.8 Å². The van der Waals surface area contributed by atoms with Crippen LogP contribution in [0, 0.1) is 0 Å². The van der Waals surface area contributed by atoms with Crippen molar-refractivity contribution < 1.29 is 14.3 Å². The Kier molecular flexibility index (Phi) is 6.10. The van der Waals surface area contributed by atoms with Crippen LogP contribution in [0.5, 0.6) is 11.5 Å². The van der Waals surface area contributed by atoms with Crippen LogP contribution in [0.4, 0.5) is 0 Å². The van der Waals surface area contributed by atoms with Crippen LogP contribution >= 0.6 is 11.6 Å². The standard InChI is InChI=1S/C23H24ClNO3/c1-15(16-5-6-18-13-21(27-3)9-7-17(18)11-16)23(26)25(2)14-19-12-20(24)8-10-22(19)28-4/h5-13,15H,14H2,1-4H3. The van der Waals surface area contributed by atoms with Gasteiger partial charge in [-0.2, -0.15) is 0 Å². The van der Waals surface area contributed by atoms with Crippen LogP contribution in [0.2, 0.25) is 5.02 Å². The molecule has 1 amide bonds. The molecule has 0 aliphatic rings. The van der Waals surface area contributed by atoms with Crippen LogP contribution in [0.1, 0.15) is 24.0 Å². The summed E-state index contributed by atoms with van der Waals surface area (Å²) in [5.41, 5.74) is 1.86. The van der Waals surface area contributed by atoms with Gasteiger partial charge in [0.15, 0.2) is 0 Å². The second-order valence-electron chi connectivity index (χ2n) is 6.84. The molecule has 1 unspecified atom stereocenters. The molecule has 0 spiro atoms. The van der Waals surface area contributed by atoms with Gasteiger partial charge in [0.2, 0.25) is 5.91 Å². The molecular weight excluding hydrogens is 374 g/mol. The molecule has 3 rings (SSSR count). The molecule has 3 aromatic rings. The number of carbonyl (C=O) groups is 1. The van der Waals surface area contributed by atoms with Gasteiger partial charge in [0.25, 0.3) is 0 Å². The van der Waals surface area contributed by atoms with E-state index in [1.165, 1.54) is 0 Å². The highest BCUT2D eigenvalue weighted by molar-refractivity contribution is 6.30. The molecule has 4 nitrogen and oxygen atoms in total. The number of halogens is 1. The molecule has 3 aromatic carbocycles. The summed E-state index contributed by atoms with van der Waals surface area (Å²) in [4.78, 5) is 14.7. The summed E-state index contributed by atoms with van der Waals surface area (Å²) >= 11 is 6.10. The summed E-state index contributed by atoms with van der Waals surface area (Å²) in [5, 5.41) is 2.78. The van der Waals surface area contributed by atoms with E-state index in [2.05, 4.69) is 6.07 Å². The first-order chi connectivity index (χ1) is 13.4. The average Bonchev–Trinajstić information content (AvgIpc) is 2.72. The number of amides is 1. The summed E-state index contributed by atoms with van der Waals surface area (Å²) in [6.07, 6.45) is 0. The maximum atomic E-state index is 13.0. The molecule has 0 fully saturated rings. The van der Waals surface area contributed by atoms with Crippen molar-refractivity contribution in [2.24, 2.45) is 0 Å². The van der Waals surface area contributed by atoms with Crippen molar-refractivity contribution in [2.45, 2.75) is 19.4 Å². The quantitative estimate of drug-likeness (QED) is 0.568. The number of benzene rings is 3. The van der Waals surface area contributed by atoms with Gasteiger partial charge in [-0.05, 0) is 53.6 Å².